The molecule has 0 spiro atoms. The average Bonchev–Trinajstić information content (AvgIpc) is 3.29. The highest BCUT2D eigenvalue weighted by Crippen LogP contribution is 2.23. The SMILES string of the molecule is COc1ccc(-c2[nH]ncc2CNC(=O)CCc2cn[nH]c2)cc1. The number of carbonyl (C=O) groups is 1. The number of aryl methyl sites for hydroxylation is 1. The number of amides is 1. The zero-order chi connectivity index (χ0) is 16.8. The predicted octanol–water partition coefficient (Wildman–Crippen LogP) is 2.06. The highest BCUT2D eigenvalue weighted by Gasteiger charge is 2.10. The monoisotopic (exact) mass is 325 g/mol. The second kappa shape index (κ2) is 7.45. The van der Waals surface area contributed by atoms with E-state index in [2.05, 4.69) is 25.7 Å². The van der Waals surface area contributed by atoms with Crippen LogP contribution in [0.3, 0.4) is 0 Å². The fourth-order valence-electron chi connectivity index (χ4n) is 2.41. The number of nitrogens with zero attached hydrogens (tertiary/aromatic N) is 2. The average molecular weight is 325 g/mol. The third kappa shape index (κ3) is 3.81. The first-order chi connectivity index (χ1) is 11.8. The minimum absolute atomic E-state index is 0.00178. The van der Waals surface area contributed by atoms with E-state index in [1.54, 1.807) is 25.7 Å². The first kappa shape index (κ1) is 15.8. The van der Waals surface area contributed by atoms with Crippen LogP contribution in [0.15, 0.2) is 42.9 Å². The van der Waals surface area contributed by atoms with Crippen molar-refractivity contribution in [1.82, 2.24) is 25.7 Å². The Morgan fingerprint density at radius 1 is 1.21 bits per heavy atom. The molecule has 7 heteroatoms. The highest BCUT2D eigenvalue weighted by atomic mass is 16.5. The largest absolute Gasteiger partial charge is 0.497 e. The number of hydrogen-bond donors (Lipinski definition) is 3. The van der Waals surface area contributed by atoms with E-state index < -0.39 is 0 Å². The van der Waals surface area contributed by atoms with Gasteiger partial charge in [0.25, 0.3) is 0 Å². The van der Waals surface area contributed by atoms with Crippen LogP contribution in [0.1, 0.15) is 17.5 Å². The highest BCUT2D eigenvalue weighted by molar-refractivity contribution is 5.76. The molecule has 7 nitrogen and oxygen atoms in total. The van der Waals surface area contributed by atoms with Crippen LogP contribution in [0.25, 0.3) is 11.3 Å². The summed E-state index contributed by atoms with van der Waals surface area (Å²) < 4.78 is 5.16. The number of carbonyl (C=O) groups excluding carboxylic acids is 1. The molecule has 0 bridgehead atoms. The van der Waals surface area contributed by atoms with E-state index in [-0.39, 0.29) is 5.91 Å². The van der Waals surface area contributed by atoms with Gasteiger partial charge < -0.3 is 10.1 Å². The number of aromatic nitrogens is 4. The molecule has 0 aliphatic heterocycles. The molecule has 3 N–H and O–H groups in total. The molecular weight excluding hydrogens is 306 g/mol. The van der Waals surface area contributed by atoms with E-state index in [0.29, 0.717) is 19.4 Å². The number of nitrogens with one attached hydrogen (secondary N) is 3. The Balaban J connectivity index is 1.57. The Labute approximate surface area is 139 Å². The zero-order valence-corrected chi connectivity index (χ0v) is 13.4. The zero-order valence-electron chi connectivity index (χ0n) is 13.4. The summed E-state index contributed by atoms with van der Waals surface area (Å²) >= 11 is 0. The number of benzene rings is 1. The molecule has 3 rings (SSSR count). The molecular formula is C17H19N5O2. The van der Waals surface area contributed by atoms with Crippen LogP contribution in [-0.4, -0.2) is 33.4 Å². The molecule has 0 aliphatic carbocycles. The van der Waals surface area contributed by atoms with Gasteiger partial charge in [0.1, 0.15) is 5.75 Å². The molecule has 0 unspecified atom stereocenters. The molecule has 1 aromatic carbocycles. The molecule has 3 aromatic rings. The fourth-order valence-corrected chi connectivity index (χ4v) is 2.41. The summed E-state index contributed by atoms with van der Waals surface area (Å²) in [5, 5.41) is 16.6. The minimum Gasteiger partial charge on any atom is -0.497 e. The van der Waals surface area contributed by atoms with Crippen LogP contribution in [-0.2, 0) is 17.8 Å². The van der Waals surface area contributed by atoms with Gasteiger partial charge in [-0.3, -0.25) is 15.0 Å². The summed E-state index contributed by atoms with van der Waals surface area (Å²) in [5.41, 5.74) is 3.85. The van der Waals surface area contributed by atoms with Crippen molar-refractivity contribution < 1.29 is 9.53 Å². The van der Waals surface area contributed by atoms with Gasteiger partial charge in [-0.25, -0.2) is 0 Å². The van der Waals surface area contributed by atoms with Gasteiger partial charge in [-0.05, 0) is 36.2 Å². The number of H-pyrrole nitrogens is 2. The van der Waals surface area contributed by atoms with Gasteiger partial charge in [0.15, 0.2) is 0 Å². The van der Waals surface area contributed by atoms with Gasteiger partial charge in [-0.1, -0.05) is 0 Å². The van der Waals surface area contributed by atoms with E-state index in [4.69, 9.17) is 4.74 Å². The number of rotatable bonds is 7. The number of methoxy groups -OCH3 is 1. The quantitative estimate of drug-likeness (QED) is 0.619. The molecule has 1 amide bonds. The molecule has 2 heterocycles. The maximum absolute atomic E-state index is 12.0. The van der Waals surface area contributed by atoms with Gasteiger partial charge in [-0.15, -0.1) is 0 Å². The minimum atomic E-state index is -0.00178. The van der Waals surface area contributed by atoms with Crippen molar-refractivity contribution in [2.24, 2.45) is 0 Å². The first-order valence-corrected chi connectivity index (χ1v) is 7.67. The van der Waals surface area contributed by atoms with E-state index >= 15 is 0 Å². The van der Waals surface area contributed by atoms with E-state index in [9.17, 15) is 4.79 Å². The standard InChI is InChI=1S/C17H19N5O2/c1-24-15-5-3-13(4-6-15)17-14(11-21-22-17)10-18-16(23)7-2-12-8-19-20-9-12/h3-6,8-9,11H,2,7,10H2,1H3,(H,18,23)(H,19,20)(H,21,22). The second-order valence-electron chi connectivity index (χ2n) is 5.38. The molecule has 124 valence electrons. The first-order valence-electron chi connectivity index (χ1n) is 7.67. The normalized spacial score (nSPS) is 10.5. The van der Waals surface area contributed by atoms with Gasteiger partial charge in [0.2, 0.25) is 5.91 Å². The molecule has 0 aliphatic rings. The summed E-state index contributed by atoms with van der Waals surface area (Å²) in [4.78, 5) is 12.0. The number of ether oxygens (including phenoxy) is 1. The van der Waals surface area contributed by atoms with Crippen LogP contribution in [0, 0.1) is 0 Å². The third-order valence-electron chi connectivity index (χ3n) is 3.77. The molecule has 0 radical (unpaired) electrons. The Morgan fingerprint density at radius 2 is 2.04 bits per heavy atom. The lowest BCUT2D eigenvalue weighted by molar-refractivity contribution is -0.121. The van der Waals surface area contributed by atoms with E-state index in [1.165, 1.54) is 0 Å². The van der Waals surface area contributed by atoms with Crippen molar-refractivity contribution in [3.8, 4) is 17.0 Å². The van der Waals surface area contributed by atoms with Crippen molar-refractivity contribution in [3.05, 3.63) is 54.0 Å². The maximum Gasteiger partial charge on any atom is 0.220 e. The van der Waals surface area contributed by atoms with E-state index in [0.717, 1.165) is 28.1 Å². The summed E-state index contributed by atoms with van der Waals surface area (Å²) in [5.74, 6) is 0.797. The van der Waals surface area contributed by atoms with E-state index in [1.807, 2.05) is 24.3 Å². The number of hydrogen-bond acceptors (Lipinski definition) is 4. The topological polar surface area (TPSA) is 95.7 Å². The van der Waals surface area contributed by atoms with Gasteiger partial charge in [0, 0.05) is 30.3 Å². The predicted molar refractivity (Wildman–Crippen MR) is 89.3 cm³/mol. The van der Waals surface area contributed by atoms with Gasteiger partial charge in [0.05, 0.1) is 25.2 Å². The Kier molecular flexibility index (Phi) is 4.90. The van der Waals surface area contributed by atoms with Crippen molar-refractivity contribution in [2.75, 3.05) is 7.11 Å². The molecule has 0 fully saturated rings. The Hall–Kier alpha value is -3.09. The number of aromatic amines is 2. The summed E-state index contributed by atoms with van der Waals surface area (Å²) in [6.45, 7) is 0.433. The lowest BCUT2D eigenvalue weighted by Gasteiger charge is -2.07. The van der Waals surface area contributed by atoms with Crippen LogP contribution >= 0.6 is 0 Å². The van der Waals surface area contributed by atoms with Crippen LogP contribution in [0.4, 0.5) is 0 Å². The molecule has 0 saturated heterocycles. The third-order valence-corrected chi connectivity index (χ3v) is 3.77. The summed E-state index contributed by atoms with van der Waals surface area (Å²) in [6.07, 6.45) is 6.35. The summed E-state index contributed by atoms with van der Waals surface area (Å²) in [7, 11) is 1.63. The van der Waals surface area contributed by atoms with Crippen LogP contribution in [0.2, 0.25) is 0 Å². The smallest absolute Gasteiger partial charge is 0.220 e. The van der Waals surface area contributed by atoms with Crippen LogP contribution < -0.4 is 10.1 Å². The Bertz CT molecular complexity index is 778. The van der Waals surface area contributed by atoms with Crippen molar-refractivity contribution >= 4 is 5.91 Å². The van der Waals surface area contributed by atoms with Crippen molar-refractivity contribution in [1.29, 1.82) is 0 Å². The fraction of sp³-hybridized carbons (Fsp3) is 0.235. The van der Waals surface area contributed by atoms with Crippen molar-refractivity contribution in [3.63, 3.8) is 0 Å². The molecule has 0 atom stereocenters. The molecule has 0 saturated carbocycles. The molecule has 24 heavy (non-hydrogen) atoms. The second-order valence-corrected chi connectivity index (χ2v) is 5.38. The summed E-state index contributed by atoms with van der Waals surface area (Å²) in [6, 6.07) is 7.69. The van der Waals surface area contributed by atoms with Gasteiger partial charge >= 0.3 is 0 Å². The lowest BCUT2D eigenvalue weighted by Crippen LogP contribution is -2.23. The van der Waals surface area contributed by atoms with Gasteiger partial charge in [-0.2, -0.15) is 10.2 Å². The van der Waals surface area contributed by atoms with Crippen molar-refractivity contribution in [2.45, 2.75) is 19.4 Å². The van der Waals surface area contributed by atoms with Crippen LogP contribution in [0.5, 0.6) is 5.75 Å². The lowest BCUT2D eigenvalue weighted by atomic mass is 10.1. The maximum atomic E-state index is 12.0. The Morgan fingerprint density at radius 3 is 2.75 bits per heavy atom. The molecule has 2 aromatic heterocycles.